The summed E-state index contributed by atoms with van der Waals surface area (Å²) in [5.74, 6) is 0.949. The highest BCUT2D eigenvalue weighted by Gasteiger charge is 2.31. The third kappa shape index (κ3) is 4.51. The van der Waals surface area contributed by atoms with E-state index < -0.39 is 11.0 Å². The molecular weight excluding hydrogens is 336 g/mol. The lowest BCUT2D eigenvalue weighted by Gasteiger charge is -2.34. The van der Waals surface area contributed by atoms with E-state index in [1.54, 1.807) is 14.0 Å². The zero-order chi connectivity index (χ0) is 19.3. The minimum atomic E-state index is -0.489. The molecule has 1 unspecified atom stereocenters. The predicted molar refractivity (Wildman–Crippen MR) is 100 cm³/mol. The van der Waals surface area contributed by atoms with Gasteiger partial charge in [-0.1, -0.05) is 6.92 Å². The molecule has 0 spiro atoms. The number of amides is 1. The van der Waals surface area contributed by atoms with Gasteiger partial charge in [0.15, 0.2) is 0 Å². The molecule has 0 bridgehead atoms. The lowest BCUT2D eigenvalue weighted by Crippen LogP contribution is -2.46. The Hall–Kier alpha value is -2.16. The molecule has 146 valence electrons. The summed E-state index contributed by atoms with van der Waals surface area (Å²) in [7, 11) is 3.60. The van der Waals surface area contributed by atoms with Crippen molar-refractivity contribution < 1.29 is 9.72 Å². The monoisotopic (exact) mass is 366 g/mol. The van der Waals surface area contributed by atoms with Gasteiger partial charge in [-0.2, -0.15) is 5.10 Å². The molecule has 9 heteroatoms. The zero-order valence-electron chi connectivity index (χ0n) is 16.1. The van der Waals surface area contributed by atoms with Crippen LogP contribution in [0.5, 0.6) is 0 Å². The van der Waals surface area contributed by atoms with Gasteiger partial charge in [0, 0.05) is 20.1 Å². The Morgan fingerprint density at radius 1 is 1.42 bits per heavy atom. The van der Waals surface area contributed by atoms with Gasteiger partial charge < -0.3 is 15.5 Å². The van der Waals surface area contributed by atoms with Crippen molar-refractivity contribution in [2.75, 3.05) is 32.0 Å². The Morgan fingerprint density at radius 3 is 2.62 bits per heavy atom. The second-order valence-corrected chi connectivity index (χ2v) is 6.93. The minimum absolute atomic E-state index is 0.00715. The number of rotatable bonds is 8. The number of carbonyl (C=O) groups excluding carboxylic acids is 1. The Balaban J connectivity index is 2.03. The maximum absolute atomic E-state index is 12.9. The number of nitro groups is 1. The summed E-state index contributed by atoms with van der Waals surface area (Å²) in [6, 6.07) is -0.489. The van der Waals surface area contributed by atoms with Crippen molar-refractivity contribution in [2.24, 2.45) is 13.0 Å². The molecule has 0 radical (unpaired) electrons. The van der Waals surface area contributed by atoms with Crippen LogP contribution in [0, 0.1) is 23.0 Å². The molecule has 1 atom stereocenters. The molecule has 1 aromatic heterocycles. The van der Waals surface area contributed by atoms with Gasteiger partial charge in [0.05, 0.1) is 4.92 Å². The topological polar surface area (TPSA) is 105 Å². The lowest BCUT2D eigenvalue weighted by atomic mass is 9.93. The summed E-state index contributed by atoms with van der Waals surface area (Å²) < 4.78 is 1.44. The van der Waals surface area contributed by atoms with Crippen molar-refractivity contribution in [3.8, 4) is 0 Å². The van der Waals surface area contributed by atoms with E-state index in [0.29, 0.717) is 18.0 Å². The van der Waals surface area contributed by atoms with E-state index in [-0.39, 0.29) is 17.4 Å². The van der Waals surface area contributed by atoms with Crippen LogP contribution in [0.3, 0.4) is 0 Å². The summed E-state index contributed by atoms with van der Waals surface area (Å²) in [5, 5.41) is 21.7. The van der Waals surface area contributed by atoms with Crippen molar-refractivity contribution >= 4 is 17.4 Å². The molecule has 2 heterocycles. The number of carbonyl (C=O) groups is 1. The highest BCUT2D eigenvalue weighted by atomic mass is 16.6. The second-order valence-electron chi connectivity index (χ2n) is 6.93. The van der Waals surface area contributed by atoms with E-state index in [1.165, 1.54) is 4.68 Å². The number of hydrogen-bond donors (Lipinski definition) is 2. The number of nitrogens with one attached hydrogen (secondary N) is 2. The van der Waals surface area contributed by atoms with Crippen LogP contribution in [0.2, 0.25) is 0 Å². The molecule has 1 aliphatic heterocycles. The average molecular weight is 366 g/mol. The molecule has 26 heavy (non-hydrogen) atoms. The van der Waals surface area contributed by atoms with E-state index in [0.717, 1.165) is 38.9 Å². The van der Waals surface area contributed by atoms with Crippen LogP contribution in [0.15, 0.2) is 0 Å². The quantitative estimate of drug-likeness (QED) is 0.536. The first-order chi connectivity index (χ1) is 12.4. The number of aromatic nitrogens is 2. The normalized spacial score (nSPS) is 16.5. The fourth-order valence-corrected chi connectivity index (χ4v) is 3.54. The third-order valence-corrected chi connectivity index (χ3v) is 5.12. The minimum Gasteiger partial charge on any atom is -0.353 e. The van der Waals surface area contributed by atoms with Crippen molar-refractivity contribution in [3.05, 3.63) is 15.8 Å². The molecule has 0 saturated carbocycles. The zero-order valence-corrected chi connectivity index (χ0v) is 16.1. The molecule has 0 aromatic carbocycles. The van der Waals surface area contributed by atoms with Crippen LogP contribution < -0.4 is 10.6 Å². The van der Waals surface area contributed by atoms with Crippen molar-refractivity contribution in [2.45, 2.75) is 45.6 Å². The third-order valence-electron chi connectivity index (χ3n) is 5.12. The number of hydrogen-bond acceptors (Lipinski definition) is 6. The Bertz CT molecular complexity index is 637. The Labute approximate surface area is 154 Å². The fraction of sp³-hybridized carbons (Fsp3) is 0.765. The molecule has 1 amide bonds. The van der Waals surface area contributed by atoms with Crippen molar-refractivity contribution in [3.63, 3.8) is 0 Å². The fourth-order valence-electron chi connectivity index (χ4n) is 3.54. The highest BCUT2D eigenvalue weighted by Crippen LogP contribution is 2.29. The SMILES string of the molecule is CCC(Nc1c([N+](=O)[O-])c(C)nn1C)C(=O)N1CCC(CCNC)CC1. The van der Waals surface area contributed by atoms with E-state index in [9.17, 15) is 14.9 Å². The van der Waals surface area contributed by atoms with Crippen molar-refractivity contribution in [1.29, 1.82) is 0 Å². The first-order valence-corrected chi connectivity index (χ1v) is 9.26. The van der Waals surface area contributed by atoms with Gasteiger partial charge in [0.1, 0.15) is 11.7 Å². The van der Waals surface area contributed by atoms with Crippen molar-refractivity contribution in [1.82, 2.24) is 20.0 Å². The summed E-state index contributed by atoms with van der Waals surface area (Å²) in [6.45, 7) is 6.00. The molecule has 1 fully saturated rings. The molecule has 9 nitrogen and oxygen atoms in total. The standard InChI is InChI=1S/C17H30N6O3/c1-5-14(19-16-15(23(25)26)12(2)20-21(16)4)17(24)22-10-7-13(8-11-22)6-9-18-3/h13-14,18-19H,5-11H2,1-4H3. The largest absolute Gasteiger partial charge is 0.353 e. The van der Waals surface area contributed by atoms with E-state index in [1.807, 2.05) is 18.9 Å². The Kier molecular flexibility index (Phi) is 6.96. The summed E-state index contributed by atoms with van der Waals surface area (Å²) in [5.41, 5.74) is 0.275. The van der Waals surface area contributed by atoms with Gasteiger partial charge >= 0.3 is 5.69 Å². The second kappa shape index (κ2) is 8.98. The van der Waals surface area contributed by atoms with Crippen LogP contribution in [-0.4, -0.2) is 58.2 Å². The van der Waals surface area contributed by atoms with E-state index in [2.05, 4.69) is 15.7 Å². The van der Waals surface area contributed by atoms with Crippen LogP contribution in [-0.2, 0) is 11.8 Å². The van der Waals surface area contributed by atoms with Gasteiger partial charge in [-0.3, -0.25) is 14.9 Å². The first kappa shape index (κ1) is 20.2. The highest BCUT2D eigenvalue weighted by molar-refractivity contribution is 5.85. The van der Waals surface area contributed by atoms with Crippen LogP contribution >= 0.6 is 0 Å². The molecule has 1 saturated heterocycles. The molecule has 2 rings (SSSR count). The molecule has 1 aliphatic rings. The van der Waals surface area contributed by atoms with Crippen LogP contribution in [0.4, 0.5) is 11.5 Å². The predicted octanol–water partition coefficient (Wildman–Crippen LogP) is 1.68. The summed E-state index contributed by atoms with van der Waals surface area (Å²) >= 11 is 0. The maximum Gasteiger partial charge on any atom is 0.333 e. The smallest absolute Gasteiger partial charge is 0.333 e. The summed E-state index contributed by atoms with van der Waals surface area (Å²) in [6.07, 6.45) is 3.71. The molecule has 1 aromatic rings. The lowest BCUT2D eigenvalue weighted by molar-refractivity contribution is -0.384. The summed E-state index contributed by atoms with van der Waals surface area (Å²) in [4.78, 5) is 25.7. The average Bonchev–Trinajstić information content (AvgIpc) is 2.90. The van der Waals surface area contributed by atoms with Gasteiger partial charge in [-0.15, -0.1) is 0 Å². The van der Waals surface area contributed by atoms with Gasteiger partial charge in [-0.05, 0) is 52.1 Å². The molecule has 2 N–H and O–H groups in total. The number of likely N-dealkylation sites (tertiary alicyclic amines) is 1. The van der Waals surface area contributed by atoms with Gasteiger partial charge in [-0.25, -0.2) is 4.68 Å². The maximum atomic E-state index is 12.9. The van der Waals surface area contributed by atoms with Crippen LogP contribution in [0.1, 0.15) is 38.3 Å². The Morgan fingerprint density at radius 2 is 2.08 bits per heavy atom. The van der Waals surface area contributed by atoms with Gasteiger partial charge in [0.2, 0.25) is 11.7 Å². The van der Waals surface area contributed by atoms with Gasteiger partial charge in [0.25, 0.3) is 0 Å². The first-order valence-electron chi connectivity index (χ1n) is 9.26. The van der Waals surface area contributed by atoms with E-state index >= 15 is 0 Å². The molecule has 0 aliphatic carbocycles. The molecular formula is C17H30N6O3. The number of aryl methyl sites for hydroxylation is 2. The number of anilines is 1. The van der Waals surface area contributed by atoms with Crippen LogP contribution in [0.25, 0.3) is 0 Å². The number of nitrogens with zero attached hydrogens (tertiary/aromatic N) is 4. The van der Waals surface area contributed by atoms with E-state index in [4.69, 9.17) is 0 Å². The number of piperidine rings is 1.